The highest BCUT2D eigenvalue weighted by atomic mass is 32.2. The van der Waals surface area contributed by atoms with Crippen molar-refractivity contribution >= 4 is 28.7 Å². The molecule has 26 heavy (non-hydrogen) atoms. The molecule has 1 amide bonds. The zero-order valence-electron chi connectivity index (χ0n) is 14.9. The van der Waals surface area contributed by atoms with E-state index in [0.29, 0.717) is 18.1 Å². The number of imidazole rings is 1. The van der Waals surface area contributed by atoms with Crippen LogP contribution in [0.2, 0.25) is 0 Å². The molecule has 2 aromatic heterocycles. The third kappa shape index (κ3) is 4.16. The summed E-state index contributed by atoms with van der Waals surface area (Å²) >= 11 is 1.74. The van der Waals surface area contributed by atoms with Crippen molar-refractivity contribution in [2.24, 2.45) is 0 Å². The lowest BCUT2D eigenvalue weighted by Crippen LogP contribution is -2.30. The second kappa shape index (κ2) is 8.71. The van der Waals surface area contributed by atoms with Gasteiger partial charge in [0.25, 0.3) is 5.91 Å². The first-order valence-electron chi connectivity index (χ1n) is 8.55. The van der Waals surface area contributed by atoms with E-state index in [2.05, 4.69) is 20.3 Å². The minimum Gasteiger partial charge on any atom is -0.477 e. The van der Waals surface area contributed by atoms with E-state index in [1.165, 1.54) is 0 Å². The van der Waals surface area contributed by atoms with Crippen molar-refractivity contribution in [3.8, 4) is 5.88 Å². The fourth-order valence-corrected chi connectivity index (χ4v) is 3.17. The Hall–Kier alpha value is -2.54. The normalized spacial score (nSPS) is 12.1. The van der Waals surface area contributed by atoms with Gasteiger partial charge >= 0.3 is 0 Å². The van der Waals surface area contributed by atoms with Crippen molar-refractivity contribution in [1.29, 1.82) is 0 Å². The van der Waals surface area contributed by atoms with Crippen LogP contribution in [0.5, 0.6) is 5.88 Å². The van der Waals surface area contributed by atoms with Gasteiger partial charge in [0.05, 0.1) is 23.7 Å². The van der Waals surface area contributed by atoms with Gasteiger partial charge < -0.3 is 15.0 Å². The minimum atomic E-state index is -0.215. The number of hydrogen-bond donors (Lipinski definition) is 2. The molecule has 7 heteroatoms. The van der Waals surface area contributed by atoms with Crippen LogP contribution in [0, 0.1) is 0 Å². The molecule has 1 atom stereocenters. The van der Waals surface area contributed by atoms with Crippen LogP contribution in [0.15, 0.2) is 42.6 Å². The van der Waals surface area contributed by atoms with E-state index in [9.17, 15) is 4.79 Å². The Bertz CT molecular complexity index is 848. The molecular formula is C19H22N4O2S. The number of ether oxygens (including phenoxy) is 1. The Morgan fingerprint density at radius 1 is 1.31 bits per heavy atom. The topological polar surface area (TPSA) is 79.9 Å². The molecule has 0 unspecified atom stereocenters. The molecule has 0 fully saturated rings. The number of amides is 1. The molecule has 0 spiro atoms. The largest absolute Gasteiger partial charge is 0.477 e. The number of nitrogens with zero attached hydrogens (tertiary/aromatic N) is 2. The molecule has 0 radical (unpaired) electrons. The number of rotatable bonds is 8. The van der Waals surface area contributed by atoms with E-state index >= 15 is 0 Å². The number of fused-ring (bicyclic) bond motifs is 1. The molecule has 0 aliphatic carbocycles. The molecule has 0 bridgehead atoms. The highest BCUT2D eigenvalue weighted by molar-refractivity contribution is 7.98. The number of aromatic amines is 1. The molecule has 0 saturated carbocycles. The van der Waals surface area contributed by atoms with E-state index in [-0.39, 0.29) is 11.9 Å². The van der Waals surface area contributed by atoms with Gasteiger partial charge in [0, 0.05) is 6.20 Å². The summed E-state index contributed by atoms with van der Waals surface area (Å²) in [5.74, 6) is 1.80. The molecule has 1 aromatic carbocycles. The van der Waals surface area contributed by atoms with Crippen LogP contribution in [0.1, 0.15) is 35.6 Å². The highest BCUT2D eigenvalue weighted by Crippen LogP contribution is 2.22. The Morgan fingerprint density at radius 3 is 2.92 bits per heavy atom. The lowest BCUT2D eigenvalue weighted by Gasteiger charge is -2.17. The monoisotopic (exact) mass is 370 g/mol. The van der Waals surface area contributed by atoms with Crippen molar-refractivity contribution < 1.29 is 9.53 Å². The van der Waals surface area contributed by atoms with Crippen molar-refractivity contribution in [1.82, 2.24) is 20.3 Å². The molecular weight excluding hydrogens is 348 g/mol. The van der Waals surface area contributed by atoms with Crippen LogP contribution in [0.3, 0.4) is 0 Å². The van der Waals surface area contributed by atoms with E-state index in [1.54, 1.807) is 30.1 Å². The average molecular weight is 370 g/mol. The maximum atomic E-state index is 12.8. The number of H-pyrrole nitrogens is 1. The molecule has 0 saturated heterocycles. The fraction of sp³-hybridized carbons (Fsp3) is 0.316. The maximum absolute atomic E-state index is 12.8. The molecule has 0 aliphatic heterocycles. The van der Waals surface area contributed by atoms with Gasteiger partial charge in [0.15, 0.2) is 0 Å². The van der Waals surface area contributed by atoms with Gasteiger partial charge in [-0.15, -0.1) is 0 Å². The SMILES string of the molecule is CCOc1ncccc1C(=O)N[C@@H](CCSC)c1nc2ccccc2[nH]1. The van der Waals surface area contributed by atoms with Crippen LogP contribution in [0.25, 0.3) is 11.0 Å². The van der Waals surface area contributed by atoms with E-state index < -0.39 is 0 Å². The number of nitrogens with one attached hydrogen (secondary N) is 2. The molecule has 0 aliphatic rings. The lowest BCUT2D eigenvalue weighted by molar-refractivity contribution is 0.0929. The number of carbonyl (C=O) groups excluding carboxylic acids is 1. The maximum Gasteiger partial charge on any atom is 0.257 e. The molecule has 2 N–H and O–H groups in total. The molecule has 3 rings (SSSR count). The Morgan fingerprint density at radius 2 is 2.15 bits per heavy atom. The molecule has 2 heterocycles. The summed E-state index contributed by atoms with van der Waals surface area (Å²) in [7, 11) is 0. The summed E-state index contributed by atoms with van der Waals surface area (Å²) in [6.07, 6.45) is 4.44. The van der Waals surface area contributed by atoms with Crippen LogP contribution < -0.4 is 10.1 Å². The van der Waals surface area contributed by atoms with Crippen LogP contribution in [-0.2, 0) is 0 Å². The standard InChI is InChI=1S/C19H22N4O2S/c1-3-25-19-13(7-6-11-20-19)18(24)23-16(10-12-26-2)17-21-14-8-4-5-9-15(14)22-17/h4-9,11,16H,3,10,12H2,1-2H3,(H,21,22)(H,23,24)/t16-/m0/s1. The molecule has 136 valence electrons. The van der Waals surface area contributed by atoms with Crippen LogP contribution in [0.4, 0.5) is 0 Å². The van der Waals surface area contributed by atoms with Crippen molar-refractivity contribution in [3.05, 3.63) is 54.0 Å². The van der Waals surface area contributed by atoms with Crippen LogP contribution >= 0.6 is 11.8 Å². The molecule has 3 aromatic rings. The number of para-hydroxylation sites is 2. The van der Waals surface area contributed by atoms with Crippen molar-refractivity contribution in [2.75, 3.05) is 18.6 Å². The third-order valence-corrected chi connectivity index (χ3v) is 4.59. The zero-order valence-corrected chi connectivity index (χ0v) is 15.7. The van der Waals surface area contributed by atoms with E-state index in [1.807, 2.05) is 37.4 Å². The van der Waals surface area contributed by atoms with Gasteiger partial charge in [-0.2, -0.15) is 11.8 Å². The quantitative estimate of drug-likeness (QED) is 0.633. The number of aromatic nitrogens is 3. The van der Waals surface area contributed by atoms with Gasteiger partial charge in [-0.25, -0.2) is 9.97 Å². The highest BCUT2D eigenvalue weighted by Gasteiger charge is 2.21. The Labute approximate surface area is 156 Å². The zero-order chi connectivity index (χ0) is 18.4. The summed E-state index contributed by atoms with van der Waals surface area (Å²) in [5, 5.41) is 3.08. The first kappa shape index (κ1) is 18.3. The Balaban J connectivity index is 1.85. The van der Waals surface area contributed by atoms with Gasteiger partial charge in [-0.05, 0) is 49.6 Å². The third-order valence-electron chi connectivity index (χ3n) is 3.95. The average Bonchev–Trinajstić information content (AvgIpc) is 3.09. The van der Waals surface area contributed by atoms with Crippen LogP contribution in [-0.4, -0.2) is 39.5 Å². The smallest absolute Gasteiger partial charge is 0.257 e. The van der Waals surface area contributed by atoms with E-state index in [0.717, 1.165) is 29.0 Å². The van der Waals surface area contributed by atoms with Gasteiger partial charge in [-0.1, -0.05) is 12.1 Å². The summed E-state index contributed by atoms with van der Waals surface area (Å²) in [5.41, 5.74) is 2.28. The first-order chi connectivity index (χ1) is 12.7. The minimum absolute atomic E-state index is 0.211. The predicted molar refractivity (Wildman–Crippen MR) is 105 cm³/mol. The second-order valence-electron chi connectivity index (χ2n) is 5.74. The number of pyridine rings is 1. The van der Waals surface area contributed by atoms with Gasteiger partial charge in [0.1, 0.15) is 11.4 Å². The van der Waals surface area contributed by atoms with Crippen molar-refractivity contribution in [2.45, 2.75) is 19.4 Å². The summed E-state index contributed by atoms with van der Waals surface area (Å²) in [6, 6.07) is 11.1. The van der Waals surface area contributed by atoms with Crippen molar-refractivity contribution in [3.63, 3.8) is 0 Å². The first-order valence-corrected chi connectivity index (χ1v) is 9.94. The molecule has 6 nitrogen and oxygen atoms in total. The Kier molecular flexibility index (Phi) is 6.12. The number of hydrogen-bond acceptors (Lipinski definition) is 5. The second-order valence-corrected chi connectivity index (χ2v) is 6.72. The van der Waals surface area contributed by atoms with E-state index in [4.69, 9.17) is 4.74 Å². The summed E-state index contributed by atoms with van der Waals surface area (Å²) < 4.78 is 5.48. The number of thioether (sulfide) groups is 1. The predicted octanol–water partition coefficient (Wildman–Crippen LogP) is 3.58. The number of carbonyl (C=O) groups is 1. The van der Waals surface area contributed by atoms with Gasteiger partial charge in [-0.3, -0.25) is 4.79 Å². The lowest BCUT2D eigenvalue weighted by atomic mass is 10.2. The van der Waals surface area contributed by atoms with Gasteiger partial charge in [0.2, 0.25) is 5.88 Å². The number of benzene rings is 1. The fourth-order valence-electron chi connectivity index (χ4n) is 2.70. The summed E-state index contributed by atoms with van der Waals surface area (Å²) in [4.78, 5) is 24.9. The summed E-state index contributed by atoms with van der Waals surface area (Å²) in [6.45, 7) is 2.32.